The van der Waals surface area contributed by atoms with Crippen molar-refractivity contribution in [3.63, 3.8) is 0 Å². The van der Waals surface area contributed by atoms with Crippen LogP contribution in [-0.2, 0) is 4.74 Å². The molecule has 0 aliphatic carbocycles. The zero-order chi connectivity index (χ0) is 19.1. The summed E-state index contributed by atoms with van der Waals surface area (Å²) in [7, 11) is 4.62. The summed E-state index contributed by atoms with van der Waals surface area (Å²) in [6.07, 6.45) is -0.967. The molecule has 0 saturated carbocycles. The first-order chi connectivity index (χ1) is 13.1. The van der Waals surface area contributed by atoms with Gasteiger partial charge in [0, 0.05) is 10.0 Å². The molecule has 2 aromatic rings. The lowest BCUT2D eigenvalue weighted by atomic mass is 10.0. The minimum atomic E-state index is -0.593. The van der Waals surface area contributed by atoms with Crippen molar-refractivity contribution in [2.45, 2.75) is 12.2 Å². The molecule has 0 amide bonds. The Morgan fingerprint density at radius 1 is 1.00 bits per heavy atom. The Kier molecular flexibility index (Phi) is 4.61. The van der Waals surface area contributed by atoms with E-state index in [0.29, 0.717) is 38.8 Å². The van der Waals surface area contributed by atoms with Gasteiger partial charge in [-0.2, -0.15) is 0 Å². The first-order valence-corrected chi connectivity index (χ1v) is 8.95. The van der Waals surface area contributed by atoms with Crippen molar-refractivity contribution in [2.24, 2.45) is 0 Å². The molecule has 0 radical (unpaired) electrons. The third-order valence-corrected chi connectivity index (χ3v) is 5.15. The number of Topliss-reactive ketones (excluding diaryl/α,β-unsaturated/α-hetero) is 1. The number of rotatable bonds is 6. The van der Waals surface area contributed by atoms with Gasteiger partial charge in [-0.05, 0) is 45.8 Å². The molecule has 0 unspecified atom stereocenters. The van der Waals surface area contributed by atoms with Crippen molar-refractivity contribution in [1.29, 1.82) is 0 Å². The van der Waals surface area contributed by atoms with E-state index in [2.05, 4.69) is 15.9 Å². The minimum Gasteiger partial charge on any atom is -0.493 e. The largest absolute Gasteiger partial charge is 0.493 e. The highest BCUT2D eigenvalue weighted by Crippen LogP contribution is 2.49. The van der Waals surface area contributed by atoms with E-state index >= 15 is 0 Å². The van der Waals surface area contributed by atoms with Crippen LogP contribution in [0.4, 0.5) is 0 Å². The summed E-state index contributed by atoms with van der Waals surface area (Å²) in [5, 5.41) is 0. The average molecular weight is 437 g/mol. The Hall–Kier alpha value is -2.45. The number of carbonyl (C=O) groups excluding carboxylic acids is 1. The Morgan fingerprint density at radius 2 is 1.70 bits per heavy atom. The van der Waals surface area contributed by atoms with E-state index in [9.17, 15) is 4.79 Å². The Morgan fingerprint density at radius 3 is 2.41 bits per heavy atom. The maximum Gasteiger partial charge on any atom is 0.231 e. The zero-order valence-electron chi connectivity index (χ0n) is 14.9. The fourth-order valence-corrected chi connectivity index (χ4v) is 3.59. The van der Waals surface area contributed by atoms with Crippen LogP contribution >= 0.6 is 15.9 Å². The topological polar surface area (TPSA) is 75.8 Å². The molecular formula is C19H17BrO7. The highest BCUT2D eigenvalue weighted by Gasteiger charge is 2.47. The lowest BCUT2D eigenvalue weighted by Gasteiger charge is -2.10. The summed E-state index contributed by atoms with van der Waals surface area (Å²) < 4.78 is 33.0. The van der Waals surface area contributed by atoms with E-state index < -0.39 is 6.10 Å². The minimum absolute atomic E-state index is 0.140. The molecule has 2 atom stereocenters. The number of methoxy groups -OCH3 is 3. The van der Waals surface area contributed by atoms with Gasteiger partial charge in [0.15, 0.2) is 34.9 Å². The van der Waals surface area contributed by atoms with Crippen LogP contribution in [-0.4, -0.2) is 40.0 Å². The van der Waals surface area contributed by atoms with Gasteiger partial charge in [0.05, 0.1) is 21.3 Å². The summed E-state index contributed by atoms with van der Waals surface area (Å²) in [6.45, 7) is 0.140. The molecular weight excluding hydrogens is 420 g/mol. The predicted octanol–water partition coefficient (Wildman–Crippen LogP) is 3.53. The number of halogens is 1. The van der Waals surface area contributed by atoms with Gasteiger partial charge >= 0.3 is 0 Å². The number of hydrogen-bond donors (Lipinski definition) is 0. The summed E-state index contributed by atoms with van der Waals surface area (Å²) in [6, 6.07) is 6.96. The molecule has 0 bridgehead atoms. The average Bonchev–Trinajstić information content (AvgIpc) is 3.35. The second kappa shape index (κ2) is 6.94. The van der Waals surface area contributed by atoms with Gasteiger partial charge in [-0.25, -0.2) is 0 Å². The fraction of sp³-hybridized carbons (Fsp3) is 0.316. The molecule has 7 nitrogen and oxygen atoms in total. The zero-order valence-corrected chi connectivity index (χ0v) is 16.5. The van der Waals surface area contributed by atoms with Crippen LogP contribution in [0.3, 0.4) is 0 Å². The summed E-state index contributed by atoms with van der Waals surface area (Å²) in [5.74, 6) is 2.56. The summed E-state index contributed by atoms with van der Waals surface area (Å²) in [4.78, 5) is 12.9. The molecule has 0 aromatic heterocycles. The van der Waals surface area contributed by atoms with Crippen LogP contribution < -0.4 is 23.7 Å². The third kappa shape index (κ3) is 3.08. The fourth-order valence-electron chi connectivity index (χ4n) is 3.08. The first kappa shape index (κ1) is 17.9. The van der Waals surface area contributed by atoms with E-state index in [4.69, 9.17) is 28.4 Å². The normalized spacial score (nSPS) is 19.6. The van der Waals surface area contributed by atoms with Gasteiger partial charge in [-0.1, -0.05) is 0 Å². The second-order valence-electron chi connectivity index (χ2n) is 5.99. The van der Waals surface area contributed by atoms with Gasteiger partial charge in [-0.3, -0.25) is 4.79 Å². The standard InChI is InChI=1S/C19H17BrO7/c1-22-12-6-10(11(20)7-13(12)23-2)16(21)19-17(27-19)9-4-14(24-3)18-15(5-9)25-8-26-18/h4-7,17,19H,8H2,1-3H3/t17-,19-/m0/s1. The maximum atomic E-state index is 12.9. The van der Waals surface area contributed by atoms with Gasteiger partial charge in [0.25, 0.3) is 0 Å². The monoisotopic (exact) mass is 436 g/mol. The lowest BCUT2D eigenvalue weighted by Crippen LogP contribution is -2.10. The first-order valence-electron chi connectivity index (χ1n) is 8.16. The van der Waals surface area contributed by atoms with Gasteiger partial charge in [-0.15, -0.1) is 0 Å². The van der Waals surface area contributed by atoms with Crippen LogP contribution in [0.25, 0.3) is 0 Å². The predicted molar refractivity (Wildman–Crippen MR) is 98.3 cm³/mol. The van der Waals surface area contributed by atoms with Crippen molar-refractivity contribution in [3.05, 3.63) is 39.9 Å². The van der Waals surface area contributed by atoms with Crippen molar-refractivity contribution >= 4 is 21.7 Å². The van der Waals surface area contributed by atoms with Crippen molar-refractivity contribution in [3.8, 4) is 28.7 Å². The molecule has 2 aliphatic rings. The van der Waals surface area contributed by atoms with Crippen LogP contribution in [0, 0.1) is 0 Å². The van der Waals surface area contributed by atoms with Crippen molar-refractivity contribution in [1.82, 2.24) is 0 Å². The highest BCUT2D eigenvalue weighted by molar-refractivity contribution is 9.10. The quantitative estimate of drug-likeness (QED) is 0.506. The second-order valence-corrected chi connectivity index (χ2v) is 6.84. The molecule has 0 N–H and O–H groups in total. The summed E-state index contributed by atoms with van der Waals surface area (Å²) >= 11 is 3.42. The molecule has 0 spiro atoms. The van der Waals surface area contributed by atoms with E-state index in [1.807, 2.05) is 6.07 Å². The number of fused-ring (bicyclic) bond motifs is 1. The molecule has 2 aliphatic heterocycles. The molecule has 1 saturated heterocycles. The summed E-state index contributed by atoms with van der Waals surface area (Å²) in [5.41, 5.74) is 1.26. The van der Waals surface area contributed by atoms with E-state index in [1.165, 1.54) is 7.11 Å². The van der Waals surface area contributed by atoms with Gasteiger partial charge in [0.1, 0.15) is 6.10 Å². The van der Waals surface area contributed by atoms with E-state index in [0.717, 1.165) is 5.56 Å². The van der Waals surface area contributed by atoms with Gasteiger partial charge < -0.3 is 28.4 Å². The molecule has 2 aromatic carbocycles. The van der Waals surface area contributed by atoms with Gasteiger partial charge in [0.2, 0.25) is 12.5 Å². The molecule has 4 rings (SSSR count). The van der Waals surface area contributed by atoms with E-state index in [-0.39, 0.29) is 18.7 Å². The Labute approximate surface area is 164 Å². The molecule has 27 heavy (non-hydrogen) atoms. The smallest absolute Gasteiger partial charge is 0.231 e. The van der Waals surface area contributed by atoms with Crippen molar-refractivity contribution in [2.75, 3.05) is 28.1 Å². The number of benzene rings is 2. The van der Waals surface area contributed by atoms with Crippen LogP contribution in [0.2, 0.25) is 0 Å². The number of epoxide rings is 1. The van der Waals surface area contributed by atoms with Crippen LogP contribution in [0.5, 0.6) is 28.7 Å². The number of ether oxygens (including phenoxy) is 6. The number of hydrogen-bond acceptors (Lipinski definition) is 7. The number of ketones is 1. The molecule has 2 heterocycles. The Bertz CT molecular complexity index is 911. The maximum absolute atomic E-state index is 12.9. The van der Waals surface area contributed by atoms with Crippen LogP contribution in [0.15, 0.2) is 28.7 Å². The van der Waals surface area contributed by atoms with Crippen molar-refractivity contribution < 1.29 is 33.2 Å². The highest BCUT2D eigenvalue weighted by atomic mass is 79.9. The SMILES string of the molecule is COc1cc(Br)c(C(=O)[C@@H]2O[C@H]2c2cc(OC)c3c(c2)OCO3)cc1OC. The molecule has 1 fully saturated rings. The molecule has 142 valence electrons. The van der Waals surface area contributed by atoms with Crippen LogP contribution in [0.1, 0.15) is 22.0 Å². The molecule has 8 heteroatoms. The van der Waals surface area contributed by atoms with E-state index in [1.54, 1.807) is 32.4 Å². The number of carbonyl (C=O) groups is 1. The lowest BCUT2D eigenvalue weighted by molar-refractivity contribution is 0.0952. The third-order valence-electron chi connectivity index (χ3n) is 4.50. The Balaban J connectivity index is 1.60.